The molecule has 1 atom stereocenters. The lowest BCUT2D eigenvalue weighted by Gasteiger charge is -2.22. The van der Waals surface area contributed by atoms with Crippen molar-refractivity contribution >= 4 is 48.0 Å². The lowest BCUT2D eigenvalue weighted by molar-refractivity contribution is 0.258. The molecular weight excluding hydrogens is 402 g/mol. The fourth-order valence-corrected chi connectivity index (χ4v) is 3.71. The van der Waals surface area contributed by atoms with Crippen molar-refractivity contribution in [2.75, 3.05) is 19.6 Å². The Balaban J connectivity index is 0.00000156. The van der Waals surface area contributed by atoms with Gasteiger partial charge in [-0.3, -0.25) is 4.90 Å². The first-order chi connectivity index (χ1) is 11.2. The molecule has 1 unspecified atom stereocenters. The molecule has 0 spiro atoms. The molecule has 1 aromatic carbocycles. The van der Waals surface area contributed by atoms with Crippen LogP contribution in [0.4, 0.5) is 0 Å². The molecule has 1 aliphatic heterocycles. The van der Waals surface area contributed by atoms with E-state index in [0.717, 1.165) is 36.7 Å². The number of likely N-dealkylation sites (tertiary alicyclic amines) is 1. The summed E-state index contributed by atoms with van der Waals surface area (Å²) in [5, 5.41) is 4.74. The van der Waals surface area contributed by atoms with Gasteiger partial charge in [0.2, 0.25) is 0 Å². The van der Waals surface area contributed by atoms with Crippen LogP contribution in [0.2, 0.25) is 10.0 Å². The first kappa shape index (κ1) is 22.6. The lowest BCUT2D eigenvalue weighted by atomic mass is 10.2. The number of benzene rings is 1. The summed E-state index contributed by atoms with van der Waals surface area (Å²) < 4.78 is 5.90. The van der Waals surface area contributed by atoms with Crippen molar-refractivity contribution < 1.29 is 4.42 Å². The van der Waals surface area contributed by atoms with E-state index >= 15 is 0 Å². The van der Waals surface area contributed by atoms with Gasteiger partial charge < -0.3 is 9.73 Å². The normalized spacial score (nSPS) is 17.2. The molecule has 1 N–H and O–H groups in total. The second-order valence-corrected chi connectivity index (χ2v) is 6.79. The highest BCUT2D eigenvalue weighted by atomic mass is 35.5. The SMILES string of the molecule is CCN1CCCC1CNCc1ccc(-c2ccc(Cl)cc2Cl)o1.Cl.Cl. The van der Waals surface area contributed by atoms with Crippen LogP contribution in [0.3, 0.4) is 0 Å². The van der Waals surface area contributed by atoms with Crippen LogP contribution in [0.25, 0.3) is 11.3 Å². The molecule has 7 heteroatoms. The largest absolute Gasteiger partial charge is 0.460 e. The van der Waals surface area contributed by atoms with Crippen molar-refractivity contribution in [3.05, 3.63) is 46.1 Å². The Bertz CT molecular complexity index is 662. The van der Waals surface area contributed by atoms with Gasteiger partial charge in [-0.25, -0.2) is 0 Å². The summed E-state index contributed by atoms with van der Waals surface area (Å²) in [6, 6.07) is 10.1. The molecule has 2 aromatic rings. The van der Waals surface area contributed by atoms with Gasteiger partial charge in [-0.05, 0) is 56.3 Å². The van der Waals surface area contributed by atoms with Gasteiger partial charge in [0.1, 0.15) is 11.5 Å². The van der Waals surface area contributed by atoms with Gasteiger partial charge in [-0.2, -0.15) is 0 Å². The number of nitrogens with one attached hydrogen (secondary N) is 1. The number of nitrogens with zero attached hydrogens (tertiary/aromatic N) is 1. The van der Waals surface area contributed by atoms with E-state index in [2.05, 4.69) is 17.1 Å². The molecule has 1 aromatic heterocycles. The fourth-order valence-electron chi connectivity index (χ4n) is 3.21. The summed E-state index contributed by atoms with van der Waals surface area (Å²) >= 11 is 12.2. The van der Waals surface area contributed by atoms with Crippen molar-refractivity contribution in [3.8, 4) is 11.3 Å². The first-order valence-electron chi connectivity index (χ1n) is 8.16. The zero-order chi connectivity index (χ0) is 16.2. The van der Waals surface area contributed by atoms with Crippen molar-refractivity contribution in [1.29, 1.82) is 0 Å². The highest BCUT2D eigenvalue weighted by molar-refractivity contribution is 6.36. The molecule has 3 nitrogen and oxygen atoms in total. The van der Waals surface area contributed by atoms with Crippen molar-refractivity contribution in [2.45, 2.75) is 32.4 Å². The summed E-state index contributed by atoms with van der Waals surface area (Å²) in [5.74, 6) is 1.70. The molecule has 0 bridgehead atoms. The van der Waals surface area contributed by atoms with E-state index in [1.807, 2.05) is 24.3 Å². The van der Waals surface area contributed by atoms with Gasteiger partial charge in [-0.1, -0.05) is 30.1 Å². The molecular formula is C18H24Cl4N2O. The summed E-state index contributed by atoms with van der Waals surface area (Å²) in [7, 11) is 0. The summed E-state index contributed by atoms with van der Waals surface area (Å²) in [4.78, 5) is 2.54. The molecule has 25 heavy (non-hydrogen) atoms. The van der Waals surface area contributed by atoms with E-state index in [9.17, 15) is 0 Å². The number of hydrogen-bond donors (Lipinski definition) is 1. The average molecular weight is 426 g/mol. The molecule has 0 amide bonds. The van der Waals surface area contributed by atoms with Crippen molar-refractivity contribution in [2.24, 2.45) is 0 Å². The van der Waals surface area contributed by atoms with Crippen LogP contribution in [0.15, 0.2) is 34.7 Å². The minimum absolute atomic E-state index is 0. The minimum Gasteiger partial charge on any atom is -0.460 e. The van der Waals surface area contributed by atoms with E-state index in [1.54, 1.807) is 6.07 Å². The Labute approximate surface area is 171 Å². The molecule has 0 radical (unpaired) electrons. The van der Waals surface area contributed by atoms with Gasteiger partial charge >= 0.3 is 0 Å². The highest BCUT2D eigenvalue weighted by Gasteiger charge is 2.22. The molecule has 2 heterocycles. The zero-order valence-corrected chi connectivity index (χ0v) is 17.3. The molecule has 0 saturated carbocycles. The summed E-state index contributed by atoms with van der Waals surface area (Å²) in [6.07, 6.45) is 2.59. The van der Waals surface area contributed by atoms with Crippen molar-refractivity contribution in [1.82, 2.24) is 10.2 Å². The summed E-state index contributed by atoms with van der Waals surface area (Å²) in [6.45, 7) is 6.33. The van der Waals surface area contributed by atoms with Gasteiger partial charge in [0.05, 0.1) is 11.6 Å². The Morgan fingerprint density at radius 2 is 2.00 bits per heavy atom. The first-order valence-corrected chi connectivity index (χ1v) is 8.92. The van der Waals surface area contributed by atoms with Gasteiger partial charge in [0.25, 0.3) is 0 Å². The van der Waals surface area contributed by atoms with Crippen LogP contribution in [-0.4, -0.2) is 30.6 Å². The minimum atomic E-state index is 0. The lowest BCUT2D eigenvalue weighted by Crippen LogP contribution is -2.37. The zero-order valence-electron chi connectivity index (χ0n) is 14.1. The second kappa shape index (κ2) is 10.7. The van der Waals surface area contributed by atoms with E-state index in [-0.39, 0.29) is 24.8 Å². The van der Waals surface area contributed by atoms with Crippen LogP contribution in [0.1, 0.15) is 25.5 Å². The van der Waals surface area contributed by atoms with Crippen LogP contribution in [0.5, 0.6) is 0 Å². The number of likely N-dealkylation sites (N-methyl/N-ethyl adjacent to an activating group) is 1. The van der Waals surface area contributed by atoms with E-state index in [1.165, 1.54) is 19.4 Å². The number of rotatable bonds is 6. The maximum absolute atomic E-state index is 6.23. The Kier molecular flexibility index (Phi) is 9.65. The summed E-state index contributed by atoms with van der Waals surface area (Å²) in [5.41, 5.74) is 0.871. The monoisotopic (exact) mass is 424 g/mol. The third-order valence-electron chi connectivity index (χ3n) is 4.44. The van der Waals surface area contributed by atoms with Crippen molar-refractivity contribution in [3.63, 3.8) is 0 Å². The maximum atomic E-state index is 6.23. The number of furan rings is 1. The van der Waals surface area contributed by atoms with Crippen LogP contribution >= 0.6 is 48.0 Å². The maximum Gasteiger partial charge on any atom is 0.135 e. The Morgan fingerprint density at radius 1 is 1.20 bits per heavy atom. The molecule has 140 valence electrons. The quantitative estimate of drug-likeness (QED) is 0.645. The fraction of sp³-hybridized carbons (Fsp3) is 0.444. The molecule has 1 saturated heterocycles. The van der Waals surface area contributed by atoms with Crippen LogP contribution in [0, 0.1) is 0 Å². The number of halogens is 4. The van der Waals surface area contributed by atoms with Gasteiger partial charge in [-0.15, -0.1) is 24.8 Å². The molecule has 1 fully saturated rings. The van der Waals surface area contributed by atoms with Gasteiger partial charge in [0, 0.05) is 23.2 Å². The average Bonchev–Trinajstić information content (AvgIpc) is 3.16. The number of hydrogen-bond acceptors (Lipinski definition) is 3. The van der Waals surface area contributed by atoms with E-state index in [4.69, 9.17) is 27.6 Å². The van der Waals surface area contributed by atoms with E-state index < -0.39 is 0 Å². The smallest absolute Gasteiger partial charge is 0.135 e. The third-order valence-corrected chi connectivity index (χ3v) is 4.99. The van der Waals surface area contributed by atoms with Gasteiger partial charge in [0.15, 0.2) is 0 Å². The Morgan fingerprint density at radius 3 is 2.72 bits per heavy atom. The van der Waals surface area contributed by atoms with Crippen LogP contribution in [-0.2, 0) is 6.54 Å². The highest BCUT2D eigenvalue weighted by Crippen LogP contribution is 2.31. The predicted octanol–water partition coefficient (Wildman–Crippen LogP) is 5.67. The standard InChI is InChI=1S/C18H22Cl2N2O.2ClH/c1-2-22-9-3-4-14(22)11-21-12-15-6-8-18(23-15)16-7-5-13(19)10-17(16)20;;/h5-8,10,14,21H,2-4,9,11-12H2,1H3;2*1H. The third kappa shape index (κ3) is 5.78. The topological polar surface area (TPSA) is 28.4 Å². The Hall–Kier alpha value is -0.420. The molecule has 3 rings (SSSR count). The molecule has 0 aliphatic carbocycles. The predicted molar refractivity (Wildman–Crippen MR) is 111 cm³/mol. The van der Waals surface area contributed by atoms with Crippen LogP contribution < -0.4 is 5.32 Å². The second-order valence-electron chi connectivity index (χ2n) is 5.95. The molecule has 1 aliphatic rings. The van der Waals surface area contributed by atoms with E-state index in [0.29, 0.717) is 16.1 Å².